The number of hydrogen-bond acceptors (Lipinski definition) is 4. The summed E-state index contributed by atoms with van der Waals surface area (Å²) in [7, 11) is 3.62. The minimum Gasteiger partial charge on any atom is -0.347 e. The summed E-state index contributed by atoms with van der Waals surface area (Å²) in [6.07, 6.45) is 2.26. The van der Waals surface area contributed by atoms with Crippen molar-refractivity contribution in [2.45, 2.75) is 18.9 Å². The molecule has 1 aromatic rings. The fourth-order valence-corrected chi connectivity index (χ4v) is 3.83. The Kier molecular flexibility index (Phi) is 6.27. The SMILES string of the molecule is CN(C)C(=O)C(c1ccccc1)N1CCN(CC(=O)N2CCCC2)CC1. The van der Waals surface area contributed by atoms with Gasteiger partial charge in [0.2, 0.25) is 11.8 Å². The van der Waals surface area contributed by atoms with Crippen molar-refractivity contribution in [3.63, 3.8) is 0 Å². The fourth-order valence-electron chi connectivity index (χ4n) is 3.83. The molecule has 1 aromatic carbocycles. The van der Waals surface area contributed by atoms with Crippen molar-refractivity contribution in [2.24, 2.45) is 0 Å². The molecule has 6 nitrogen and oxygen atoms in total. The molecule has 26 heavy (non-hydrogen) atoms. The molecule has 0 bridgehead atoms. The Balaban J connectivity index is 1.60. The molecule has 0 N–H and O–H groups in total. The zero-order chi connectivity index (χ0) is 18.5. The third kappa shape index (κ3) is 4.43. The van der Waals surface area contributed by atoms with E-state index in [-0.39, 0.29) is 17.9 Å². The maximum atomic E-state index is 12.8. The number of carbonyl (C=O) groups is 2. The summed E-state index contributed by atoms with van der Waals surface area (Å²) in [5, 5.41) is 0. The van der Waals surface area contributed by atoms with Crippen LogP contribution in [0.15, 0.2) is 30.3 Å². The number of piperazine rings is 1. The van der Waals surface area contributed by atoms with Crippen LogP contribution < -0.4 is 0 Å². The van der Waals surface area contributed by atoms with Gasteiger partial charge in [0.25, 0.3) is 0 Å². The molecule has 0 saturated carbocycles. The predicted molar refractivity (Wildman–Crippen MR) is 102 cm³/mol. The Bertz CT molecular complexity index is 605. The Morgan fingerprint density at radius 2 is 1.58 bits per heavy atom. The van der Waals surface area contributed by atoms with E-state index < -0.39 is 0 Å². The normalized spacial score (nSPS) is 20.2. The first-order valence-corrected chi connectivity index (χ1v) is 9.56. The highest BCUT2D eigenvalue weighted by Gasteiger charge is 2.32. The van der Waals surface area contributed by atoms with Crippen molar-refractivity contribution in [1.82, 2.24) is 19.6 Å². The number of likely N-dealkylation sites (tertiary alicyclic amines) is 1. The van der Waals surface area contributed by atoms with Crippen molar-refractivity contribution >= 4 is 11.8 Å². The third-order valence-corrected chi connectivity index (χ3v) is 5.38. The Labute approximate surface area is 156 Å². The van der Waals surface area contributed by atoms with Gasteiger partial charge in [-0.05, 0) is 18.4 Å². The van der Waals surface area contributed by atoms with E-state index in [9.17, 15) is 9.59 Å². The van der Waals surface area contributed by atoms with E-state index in [0.29, 0.717) is 6.54 Å². The van der Waals surface area contributed by atoms with Gasteiger partial charge >= 0.3 is 0 Å². The lowest BCUT2D eigenvalue weighted by Gasteiger charge is -2.39. The molecular formula is C20H30N4O2. The van der Waals surface area contributed by atoms with Gasteiger partial charge in [0.05, 0.1) is 6.54 Å². The number of hydrogen-bond donors (Lipinski definition) is 0. The molecule has 2 saturated heterocycles. The molecule has 0 aromatic heterocycles. The number of amides is 2. The van der Waals surface area contributed by atoms with Crippen LogP contribution in [0.3, 0.4) is 0 Å². The number of benzene rings is 1. The van der Waals surface area contributed by atoms with E-state index in [1.54, 1.807) is 4.90 Å². The topological polar surface area (TPSA) is 47.1 Å². The Morgan fingerprint density at radius 1 is 0.962 bits per heavy atom. The Hall–Kier alpha value is -1.92. The lowest BCUT2D eigenvalue weighted by atomic mass is 10.0. The molecule has 142 valence electrons. The minimum atomic E-state index is -0.248. The standard InChI is InChI=1S/C20H30N4O2/c1-21(2)20(26)19(17-8-4-3-5-9-17)24-14-12-22(13-15-24)16-18(25)23-10-6-7-11-23/h3-5,8-9,19H,6-7,10-16H2,1-2H3. The summed E-state index contributed by atoms with van der Waals surface area (Å²) in [6, 6.07) is 9.74. The highest BCUT2D eigenvalue weighted by Crippen LogP contribution is 2.24. The molecule has 2 amide bonds. The smallest absolute Gasteiger partial charge is 0.244 e. The molecule has 0 radical (unpaired) electrons. The second-order valence-corrected chi connectivity index (χ2v) is 7.45. The molecule has 1 unspecified atom stereocenters. The second kappa shape index (κ2) is 8.64. The lowest BCUT2D eigenvalue weighted by Crippen LogP contribution is -2.52. The van der Waals surface area contributed by atoms with Crippen molar-refractivity contribution in [3.8, 4) is 0 Å². The lowest BCUT2D eigenvalue weighted by molar-refractivity contribution is -0.137. The maximum Gasteiger partial charge on any atom is 0.244 e. The first kappa shape index (κ1) is 18.9. The molecule has 6 heteroatoms. The van der Waals surface area contributed by atoms with E-state index in [0.717, 1.165) is 57.7 Å². The number of nitrogens with zero attached hydrogens (tertiary/aromatic N) is 4. The highest BCUT2D eigenvalue weighted by molar-refractivity contribution is 5.83. The molecule has 2 aliphatic heterocycles. The first-order chi connectivity index (χ1) is 12.6. The zero-order valence-electron chi connectivity index (χ0n) is 15.9. The van der Waals surface area contributed by atoms with Crippen LogP contribution in [0.4, 0.5) is 0 Å². The molecule has 2 fully saturated rings. The van der Waals surface area contributed by atoms with Crippen LogP contribution >= 0.6 is 0 Å². The highest BCUT2D eigenvalue weighted by atomic mass is 16.2. The van der Waals surface area contributed by atoms with Crippen LogP contribution in [0, 0.1) is 0 Å². The van der Waals surface area contributed by atoms with Crippen LogP contribution in [0.25, 0.3) is 0 Å². The van der Waals surface area contributed by atoms with Crippen molar-refractivity contribution in [3.05, 3.63) is 35.9 Å². The second-order valence-electron chi connectivity index (χ2n) is 7.45. The van der Waals surface area contributed by atoms with Crippen LogP contribution in [-0.2, 0) is 9.59 Å². The van der Waals surface area contributed by atoms with E-state index in [1.807, 2.05) is 49.3 Å². The van der Waals surface area contributed by atoms with Gasteiger partial charge in [-0.1, -0.05) is 30.3 Å². The average molecular weight is 358 g/mol. The van der Waals surface area contributed by atoms with Crippen molar-refractivity contribution in [1.29, 1.82) is 0 Å². The quantitative estimate of drug-likeness (QED) is 0.790. The van der Waals surface area contributed by atoms with Gasteiger partial charge in [-0.15, -0.1) is 0 Å². The van der Waals surface area contributed by atoms with Crippen molar-refractivity contribution in [2.75, 3.05) is 59.9 Å². The summed E-state index contributed by atoms with van der Waals surface area (Å²) in [5.74, 6) is 0.359. The Morgan fingerprint density at radius 3 is 2.15 bits per heavy atom. The summed E-state index contributed by atoms with van der Waals surface area (Å²) < 4.78 is 0. The zero-order valence-corrected chi connectivity index (χ0v) is 15.9. The molecule has 1 atom stereocenters. The van der Waals surface area contributed by atoms with Crippen LogP contribution in [0.2, 0.25) is 0 Å². The van der Waals surface area contributed by atoms with Gasteiger partial charge < -0.3 is 9.80 Å². The monoisotopic (exact) mass is 358 g/mol. The molecular weight excluding hydrogens is 328 g/mol. The summed E-state index contributed by atoms with van der Waals surface area (Å²) in [5.41, 5.74) is 1.03. The molecule has 2 heterocycles. The number of carbonyl (C=O) groups excluding carboxylic acids is 2. The number of likely N-dealkylation sites (N-methyl/N-ethyl adjacent to an activating group) is 1. The predicted octanol–water partition coefficient (Wildman–Crippen LogP) is 1.06. The third-order valence-electron chi connectivity index (χ3n) is 5.38. The summed E-state index contributed by atoms with van der Waals surface area (Å²) in [4.78, 5) is 33.3. The largest absolute Gasteiger partial charge is 0.347 e. The van der Waals surface area contributed by atoms with Crippen LogP contribution in [0.1, 0.15) is 24.4 Å². The van der Waals surface area contributed by atoms with E-state index in [1.165, 1.54) is 0 Å². The average Bonchev–Trinajstić information content (AvgIpc) is 3.19. The van der Waals surface area contributed by atoms with Crippen LogP contribution in [-0.4, -0.2) is 91.3 Å². The molecule has 0 aliphatic carbocycles. The van der Waals surface area contributed by atoms with Gasteiger partial charge in [-0.3, -0.25) is 19.4 Å². The van der Waals surface area contributed by atoms with Gasteiger partial charge in [0.15, 0.2) is 0 Å². The van der Waals surface area contributed by atoms with E-state index >= 15 is 0 Å². The fraction of sp³-hybridized carbons (Fsp3) is 0.600. The van der Waals surface area contributed by atoms with Gasteiger partial charge in [-0.25, -0.2) is 0 Å². The molecule has 0 spiro atoms. The van der Waals surface area contributed by atoms with Crippen LogP contribution in [0.5, 0.6) is 0 Å². The summed E-state index contributed by atoms with van der Waals surface area (Å²) >= 11 is 0. The molecule has 2 aliphatic rings. The molecule has 3 rings (SSSR count). The van der Waals surface area contributed by atoms with Crippen molar-refractivity contribution < 1.29 is 9.59 Å². The van der Waals surface area contributed by atoms with Gasteiger partial charge in [0, 0.05) is 53.4 Å². The number of rotatable bonds is 5. The first-order valence-electron chi connectivity index (χ1n) is 9.56. The van der Waals surface area contributed by atoms with Gasteiger partial charge in [0.1, 0.15) is 6.04 Å². The minimum absolute atomic E-state index is 0.109. The van der Waals surface area contributed by atoms with E-state index in [2.05, 4.69) is 9.80 Å². The van der Waals surface area contributed by atoms with E-state index in [4.69, 9.17) is 0 Å². The van der Waals surface area contributed by atoms with Gasteiger partial charge in [-0.2, -0.15) is 0 Å². The summed E-state index contributed by atoms with van der Waals surface area (Å²) in [6.45, 7) is 5.57. The maximum absolute atomic E-state index is 12.8.